The second kappa shape index (κ2) is 8.67. The van der Waals surface area contributed by atoms with Crippen molar-refractivity contribution < 1.29 is 18.7 Å². The zero-order valence-corrected chi connectivity index (χ0v) is 14.8. The molecule has 0 radical (unpaired) electrons. The molecule has 5 heteroatoms. The molecule has 0 aliphatic carbocycles. The number of furan rings is 1. The molecule has 0 aliphatic rings. The summed E-state index contributed by atoms with van der Waals surface area (Å²) in [5.41, 5.74) is 1.85. The summed E-state index contributed by atoms with van der Waals surface area (Å²) in [5.74, 6) is -0.276. The van der Waals surface area contributed by atoms with Crippen LogP contribution in [-0.4, -0.2) is 18.5 Å². The molecule has 0 aliphatic heterocycles. The fourth-order valence-corrected chi connectivity index (χ4v) is 2.58. The van der Waals surface area contributed by atoms with Crippen LogP contribution in [-0.2, 0) is 9.53 Å². The topological polar surface area (TPSA) is 68.5 Å². The number of benzene rings is 2. The Morgan fingerprint density at radius 3 is 2.44 bits per heavy atom. The first-order valence-electron chi connectivity index (χ1n) is 8.57. The number of esters is 1. The molecule has 136 valence electrons. The molecule has 0 saturated heterocycles. The van der Waals surface area contributed by atoms with Crippen LogP contribution in [0.3, 0.4) is 0 Å². The highest BCUT2D eigenvalue weighted by Gasteiger charge is 2.17. The van der Waals surface area contributed by atoms with E-state index < -0.39 is 5.97 Å². The van der Waals surface area contributed by atoms with E-state index in [1.54, 1.807) is 55.7 Å². The molecule has 27 heavy (non-hydrogen) atoms. The molecule has 2 aromatic carbocycles. The fourth-order valence-electron chi connectivity index (χ4n) is 2.58. The number of hydrogen-bond donors (Lipinski definition) is 1. The highest BCUT2D eigenvalue weighted by atomic mass is 16.5. The number of rotatable bonds is 6. The molecule has 1 aromatic heterocycles. The van der Waals surface area contributed by atoms with Gasteiger partial charge in [-0.15, -0.1) is 0 Å². The van der Waals surface area contributed by atoms with Crippen molar-refractivity contribution in [1.82, 2.24) is 0 Å². The molecule has 0 bridgehead atoms. The Morgan fingerprint density at radius 2 is 1.74 bits per heavy atom. The molecule has 0 saturated carbocycles. The normalized spacial score (nSPS) is 11.1. The highest BCUT2D eigenvalue weighted by molar-refractivity contribution is 6.29. The smallest absolute Gasteiger partial charge is 0.340 e. The van der Waals surface area contributed by atoms with Gasteiger partial charge in [0.15, 0.2) is 0 Å². The molecule has 3 aromatic rings. The van der Waals surface area contributed by atoms with Crippen molar-refractivity contribution in [2.75, 3.05) is 11.9 Å². The first-order chi connectivity index (χ1) is 13.2. The van der Waals surface area contributed by atoms with Crippen molar-refractivity contribution in [2.24, 2.45) is 0 Å². The highest BCUT2D eigenvalue weighted by Crippen LogP contribution is 2.23. The molecular formula is C22H19NO4. The largest absolute Gasteiger partial charge is 0.465 e. The number of carbonyl (C=O) groups excluding carboxylic acids is 2. The van der Waals surface area contributed by atoms with Gasteiger partial charge in [0.2, 0.25) is 0 Å². The maximum Gasteiger partial charge on any atom is 0.340 e. The van der Waals surface area contributed by atoms with E-state index in [2.05, 4.69) is 5.32 Å². The van der Waals surface area contributed by atoms with Gasteiger partial charge in [0.1, 0.15) is 5.76 Å². The summed E-state index contributed by atoms with van der Waals surface area (Å²) >= 11 is 0. The van der Waals surface area contributed by atoms with E-state index in [1.807, 2.05) is 30.3 Å². The first-order valence-corrected chi connectivity index (χ1v) is 8.57. The predicted octanol–water partition coefficient (Wildman–Crippen LogP) is 4.64. The average molecular weight is 361 g/mol. The van der Waals surface area contributed by atoms with Crippen LogP contribution in [0.5, 0.6) is 0 Å². The number of amides is 1. The molecule has 1 amide bonds. The van der Waals surface area contributed by atoms with Gasteiger partial charge in [-0.25, -0.2) is 4.79 Å². The van der Waals surface area contributed by atoms with Crippen LogP contribution in [0.15, 0.2) is 77.4 Å². The third kappa shape index (κ3) is 4.52. The van der Waals surface area contributed by atoms with Crippen molar-refractivity contribution in [1.29, 1.82) is 0 Å². The lowest BCUT2D eigenvalue weighted by Crippen LogP contribution is -2.17. The zero-order chi connectivity index (χ0) is 19.1. The lowest BCUT2D eigenvalue weighted by atomic mass is 10.0. The van der Waals surface area contributed by atoms with Gasteiger partial charge >= 0.3 is 5.97 Å². The Morgan fingerprint density at radius 1 is 1.00 bits per heavy atom. The molecule has 3 rings (SSSR count). The van der Waals surface area contributed by atoms with Crippen molar-refractivity contribution >= 4 is 29.2 Å². The van der Waals surface area contributed by atoms with Crippen LogP contribution in [0, 0.1) is 0 Å². The summed E-state index contributed by atoms with van der Waals surface area (Å²) in [6, 6.07) is 19.5. The maximum atomic E-state index is 13.0. The SMILES string of the molecule is CCOC(=O)c1ccccc1NC(=O)/C(=C/c1ccco1)c1ccccc1. The van der Waals surface area contributed by atoms with Gasteiger partial charge in [0, 0.05) is 0 Å². The summed E-state index contributed by atoms with van der Waals surface area (Å²) in [6.45, 7) is 1.99. The van der Waals surface area contributed by atoms with Gasteiger partial charge < -0.3 is 14.5 Å². The van der Waals surface area contributed by atoms with Crippen molar-refractivity contribution in [3.8, 4) is 0 Å². The van der Waals surface area contributed by atoms with E-state index in [-0.39, 0.29) is 12.5 Å². The summed E-state index contributed by atoms with van der Waals surface area (Å²) in [6.07, 6.45) is 3.21. The quantitative estimate of drug-likeness (QED) is 0.513. The number of nitrogens with one attached hydrogen (secondary N) is 1. The van der Waals surface area contributed by atoms with Crippen LogP contribution in [0.1, 0.15) is 28.6 Å². The maximum absolute atomic E-state index is 13.0. The summed E-state index contributed by atoms with van der Waals surface area (Å²) in [5, 5.41) is 2.81. The van der Waals surface area contributed by atoms with Gasteiger partial charge in [-0.05, 0) is 42.8 Å². The Hall–Kier alpha value is -3.60. The van der Waals surface area contributed by atoms with Crippen LogP contribution >= 0.6 is 0 Å². The van der Waals surface area contributed by atoms with Crippen molar-refractivity contribution in [2.45, 2.75) is 6.92 Å². The standard InChI is InChI=1S/C22H19NO4/c1-2-26-22(25)18-12-6-7-13-20(18)23-21(24)19(15-17-11-8-14-27-17)16-9-4-3-5-10-16/h3-15H,2H2,1H3,(H,23,24)/b19-15+. The predicted molar refractivity (Wildman–Crippen MR) is 104 cm³/mol. The summed E-state index contributed by atoms with van der Waals surface area (Å²) < 4.78 is 10.4. The third-order valence-electron chi connectivity index (χ3n) is 3.83. The Kier molecular flexibility index (Phi) is 5.84. The van der Waals surface area contributed by atoms with E-state index in [1.165, 1.54) is 0 Å². The van der Waals surface area contributed by atoms with Crippen LogP contribution < -0.4 is 5.32 Å². The van der Waals surface area contributed by atoms with Crippen molar-refractivity contribution in [3.63, 3.8) is 0 Å². The zero-order valence-electron chi connectivity index (χ0n) is 14.8. The third-order valence-corrected chi connectivity index (χ3v) is 3.83. The van der Waals surface area contributed by atoms with E-state index in [0.29, 0.717) is 22.6 Å². The first kappa shape index (κ1) is 18.2. The van der Waals surface area contributed by atoms with E-state index in [9.17, 15) is 9.59 Å². The number of para-hydroxylation sites is 1. The van der Waals surface area contributed by atoms with Gasteiger partial charge in [-0.2, -0.15) is 0 Å². The number of carbonyl (C=O) groups is 2. The van der Waals surface area contributed by atoms with Crippen LogP contribution in [0.25, 0.3) is 11.6 Å². The van der Waals surface area contributed by atoms with Crippen molar-refractivity contribution in [3.05, 3.63) is 89.9 Å². The second-order valence-electron chi connectivity index (χ2n) is 5.66. The fraction of sp³-hybridized carbons (Fsp3) is 0.0909. The summed E-state index contributed by atoms with van der Waals surface area (Å²) in [4.78, 5) is 25.1. The van der Waals surface area contributed by atoms with E-state index in [4.69, 9.17) is 9.15 Å². The van der Waals surface area contributed by atoms with E-state index >= 15 is 0 Å². The minimum atomic E-state index is -0.482. The molecular weight excluding hydrogens is 342 g/mol. The Bertz CT molecular complexity index is 943. The lowest BCUT2D eigenvalue weighted by molar-refractivity contribution is -0.111. The van der Waals surface area contributed by atoms with Crippen LogP contribution in [0.2, 0.25) is 0 Å². The molecule has 0 fully saturated rings. The average Bonchev–Trinajstić information content (AvgIpc) is 3.20. The molecule has 1 heterocycles. The summed E-state index contributed by atoms with van der Waals surface area (Å²) in [7, 11) is 0. The van der Waals surface area contributed by atoms with Gasteiger partial charge in [-0.3, -0.25) is 4.79 Å². The second-order valence-corrected chi connectivity index (χ2v) is 5.66. The van der Waals surface area contributed by atoms with Gasteiger partial charge in [0.05, 0.1) is 29.7 Å². The Labute approximate surface area is 157 Å². The number of hydrogen-bond acceptors (Lipinski definition) is 4. The molecule has 0 atom stereocenters. The molecule has 0 unspecified atom stereocenters. The minimum absolute atomic E-state index is 0.259. The van der Waals surface area contributed by atoms with E-state index in [0.717, 1.165) is 5.56 Å². The molecule has 1 N–H and O–H groups in total. The Balaban J connectivity index is 1.94. The molecule has 5 nitrogen and oxygen atoms in total. The van der Waals surface area contributed by atoms with Gasteiger partial charge in [0.25, 0.3) is 5.91 Å². The van der Waals surface area contributed by atoms with Crippen LogP contribution in [0.4, 0.5) is 5.69 Å². The van der Waals surface area contributed by atoms with Gasteiger partial charge in [-0.1, -0.05) is 42.5 Å². The lowest BCUT2D eigenvalue weighted by Gasteiger charge is -2.12. The molecule has 0 spiro atoms. The number of anilines is 1. The number of ether oxygens (including phenoxy) is 1. The monoisotopic (exact) mass is 361 g/mol. The minimum Gasteiger partial charge on any atom is -0.465 e.